The Morgan fingerprint density at radius 3 is 0.905 bits per heavy atom. The molecule has 0 spiro atoms. The van der Waals surface area contributed by atoms with Gasteiger partial charge in [0.25, 0.3) is 0 Å². The van der Waals surface area contributed by atoms with Crippen molar-refractivity contribution in [2.24, 2.45) is 0 Å². The Labute approximate surface area is 249 Å². The van der Waals surface area contributed by atoms with Crippen molar-refractivity contribution in [1.29, 1.82) is 0 Å². The summed E-state index contributed by atoms with van der Waals surface area (Å²) in [5.41, 5.74) is 2.71. The van der Waals surface area contributed by atoms with Gasteiger partial charge in [0.1, 0.15) is 23.3 Å². The highest BCUT2D eigenvalue weighted by Gasteiger charge is 2.17. The molecule has 0 bridgehead atoms. The van der Waals surface area contributed by atoms with Gasteiger partial charge in [-0.25, -0.2) is 26.3 Å². The van der Waals surface area contributed by atoms with Crippen LogP contribution < -0.4 is 0 Å². The fourth-order valence-corrected chi connectivity index (χ4v) is 4.42. The van der Waals surface area contributed by atoms with Gasteiger partial charge in [-0.2, -0.15) is 0 Å². The quantitative estimate of drug-likeness (QED) is 0.249. The summed E-state index contributed by atoms with van der Waals surface area (Å²) in [6.45, 7) is 22.2. The highest BCUT2D eigenvalue weighted by molar-refractivity contribution is 5.32. The predicted octanol–water partition coefficient (Wildman–Crippen LogP) is 12.6. The Hall–Kier alpha value is -2.76. The van der Waals surface area contributed by atoms with Crippen LogP contribution in [0, 0.1) is 34.9 Å². The van der Waals surface area contributed by atoms with Crippen molar-refractivity contribution in [2.75, 3.05) is 0 Å². The van der Waals surface area contributed by atoms with Gasteiger partial charge in [0, 0.05) is 5.56 Å². The first-order valence-corrected chi connectivity index (χ1v) is 14.8. The fraction of sp³-hybridized carbons (Fsp3) is 0.500. The van der Waals surface area contributed by atoms with E-state index in [1.165, 1.54) is 24.3 Å². The Kier molecular flexibility index (Phi) is 14.4. The van der Waals surface area contributed by atoms with Crippen LogP contribution in [0.1, 0.15) is 152 Å². The topological polar surface area (TPSA) is 0 Å². The number of rotatable bonds is 6. The van der Waals surface area contributed by atoms with Crippen LogP contribution in [0.5, 0.6) is 0 Å². The molecule has 0 unspecified atom stereocenters. The molecule has 0 N–H and O–H groups in total. The van der Waals surface area contributed by atoms with Crippen molar-refractivity contribution < 1.29 is 26.3 Å². The molecule has 234 valence electrons. The largest absolute Gasteiger partial charge is 0.207 e. The minimum Gasteiger partial charge on any atom is -0.207 e. The van der Waals surface area contributed by atoms with E-state index >= 15 is 0 Å². The van der Waals surface area contributed by atoms with Crippen LogP contribution in [0.2, 0.25) is 0 Å². The Morgan fingerprint density at radius 2 is 0.667 bits per heavy atom. The molecule has 0 amide bonds. The molecule has 0 nitrogen and oxygen atoms in total. The predicted molar refractivity (Wildman–Crippen MR) is 164 cm³/mol. The molecule has 3 aromatic carbocycles. The van der Waals surface area contributed by atoms with E-state index < -0.39 is 23.3 Å². The summed E-state index contributed by atoms with van der Waals surface area (Å²) < 4.78 is 80.9. The van der Waals surface area contributed by atoms with Gasteiger partial charge < -0.3 is 0 Å². The van der Waals surface area contributed by atoms with Crippen LogP contribution in [0.3, 0.4) is 0 Å². The smallest absolute Gasteiger partial charge is 0.162 e. The Balaban J connectivity index is 0.000000315. The van der Waals surface area contributed by atoms with E-state index in [0.29, 0.717) is 27.8 Å². The first-order valence-electron chi connectivity index (χ1n) is 14.8. The molecule has 0 aromatic heterocycles. The van der Waals surface area contributed by atoms with Crippen LogP contribution in [-0.2, 0) is 0 Å². The highest BCUT2D eigenvalue weighted by Crippen LogP contribution is 2.28. The molecule has 0 saturated carbocycles. The normalized spacial score (nSPS) is 11.4. The van der Waals surface area contributed by atoms with Crippen molar-refractivity contribution >= 4 is 0 Å². The number of hydrogen-bond donors (Lipinski definition) is 0. The van der Waals surface area contributed by atoms with Gasteiger partial charge in [-0.3, -0.25) is 0 Å². The summed E-state index contributed by atoms with van der Waals surface area (Å²) in [5.74, 6) is -2.72. The zero-order valence-corrected chi connectivity index (χ0v) is 27.2. The molecule has 0 saturated heterocycles. The van der Waals surface area contributed by atoms with Crippen LogP contribution >= 0.6 is 0 Å². The van der Waals surface area contributed by atoms with E-state index in [1.807, 2.05) is 69.2 Å². The van der Waals surface area contributed by atoms with Gasteiger partial charge in [0.2, 0.25) is 0 Å². The number of benzene rings is 3. The summed E-state index contributed by atoms with van der Waals surface area (Å²) >= 11 is 0. The third-order valence-electron chi connectivity index (χ3n) is 7.09. The molecule has 3 aromatic rings. The molecule has 0 atom stereocenters. The number of halogens is 6. The van der Waals surface area contributed by atoms with Crippen LogP contribution in [0.15, 0.2) is 36.4 Å². The third kappa shape index (κ3) is 9.91. The van der Waals surface area contributed by atoms with E-state index in [0.717, 1.165) is 0 Å². The summed E-state index contributed by atoms with van der Waals surface area (Å²) in [6.07, 6.45) is 0. The van der Waals surface area contributed by atoms with Crippen LogP contribution in [-0.4, -0.2) is 0 Å². The van der Waals surface area contributed by atoms with Crippen LogP contribution in [0.4, 0.5) is 26.3 Å². The average molecular weight is 595 g/mol. The lowest BCUT2D eigenvalue weighted by molar-refractivity contribution is 0.480. The maximum Gasteiger partial charge on any atom is 0.162 e. The van der Waals surface area contributed by atoms with Crippen molar-refractivity contribution in [3.05, 3.63) is 105 Å². The van der Waals surface area contributed by atoms with Gasteiger partial charge in [-0.05, 0) is 87.6 Å². The van der Waals surface area contributed by atoms with E-state index in [1.54, 1.807) is 26.0 Å². The maximum absolute atomic E-state index is 13.5. The average Bonchev–Trinajstić information content (AvgIpc) is 2.86. The lowest BCUT2D eigenvalue weighted by Gasteiger charge is -2.12. The Bertz CT molecular complexity index is 1200. The summed E-state index contributed by atoms with van der Waals surface area (Å²) in [7, 11) is 0. The second kappa shape index (κ2) is 16.2. The molecule has 0 aliphatic heterocycles. The van der Waals surface area contributed by atoms with E-state index in [-0.39, 0.29) is 52.7 Å². The van der Waals surface area contributed by atoms with E-state index in [9.17, 15) is 26.3 Å². The first kappa shape index (κ1) is 37.3. The molecule has 0 radical (unpaired) electrons. The molecule has 42 heavy (non-hydrogen) atoms. The van der Waals surface area contributed by atoms with Crippen molar-refractivity contribution in [3.63, 3.8) is 0 Å². The van der Waals surface area contributed by atoms with Gasteiger partial charge in [-0.1, -0.05) is 95.2 Å². The zero-order chi connectivity index (χ0) is 32.6. The molecule has 0 aliphatic rings. The van der Waals surface area contributed by atoms with Gasteiger partial charge in [-0.15, -0.1) is 0 Å². The zero-order valence-electron chi connectivity index (χ0n) is 27.2. The standard InChI is InChI=1S/3C12H16F2/c1-7(2)9-5-12(14)10(8(3)4)6-11(9)13;1-7(2)9-5-10(13)12(8(3)4)11(14)6-9;1-7(2)9-5-6-10(8(3)4)12(14)11(9)13/h3*5-8H,1-4H3. The minimum atomic E-state index is -0.689. The van der Waals surface area contributed by atoms with Gasteiger partial charge >= 0.3 is 0 Å². The maximum atomic E-state index is 13.5. The van der Waals surface area contributed by atoms with Crippen molar-refractivity contribution in [1.82, 2.24) is 0 Å². The molecular weight excluding hydrogens is 546 g/mol. The second-order valence-corrected chi connectivity index (χ2v) is 12.6. The second-order valence-electron chi connectivity index (χ2n) is 12.6. The lowest BCUT2D eigenvalue weighted by atomic mass is 9.96. The highest BCUT2D eigenvalue weighted by atomic mass is 19.2. The lowest BCUT2D eigenvalue weighted by Crippen LogP contribution is -2.02. The molecule has 3 rings (SSSR count). The monoisotopic (exact) mass is 594 g/mol. The van der Waals surface area contributed by atoms with Gasteiger partial charge in [0.05, 0.1) is 0 Å². The number of hydrogen-bond acceptors (Lipinski definition) is 0. The Morgan fingerprint density at radius 1 is 0.357 bits per heavy atom. The van der Waals surface area contributed by atoms with Gasteiger partial charge in [0.15, 0.2) is 11.6 Å². The molecule has 0 heterocycles. The summed E-state index contributed by atoms with van der Waals surface area (Å²) in [6, 6.07) is 8.85. The molecule has 0 fully saturated rings. The van der Waals surface area contributed by atoms with Crippen LogP contribution in [0.25, 0.3) is 0 Å². The van der Waals surface area contributed by atoms with Crippen molar-refractivity contribution in [3.8, 4) is 0 Å². The summed E-state index contributed by atoms with van der Waals surface area (Å²) in [5, 5.41) is 0. The van der Waals surface area contributed by atoms with Crippen molar-refractivity contribution in [2.45, 2.75) is 119 Å². The minimum absolute atomic E-state index is 0.0192. The SMILES string of the molecule is CC(C)c1cc(F)c(C(C)C)c(F)c1.CC(C)c1cc(F)c(C(C)C)cc1F.CC(C)c1ccc(C(C)C)c(F)c1F. The molecule has 0 aliphatic carbocycles. The van der Waals surface area contributed by atoms with E-state index in [2.05, 4.69) is 0 Å². The summed E-state index contributed by atoms with van der Waals surface area (Å²) in [4.78, 5) is 0. The fourth-order valence-electron chi connectivity index (χ4n) is 4.42. The first-order chi connectivity index (χ1) is 19.3. The third-order valence-corrected chi connectivity index (χ3v) is 7.09. The molecular formula is C36H48F6. The van der Waals surface area contributed by atoms with E-state index in [4.69, 9.17) is 0 Å². The molecule has 6 heteroatoms.